The molecular weight excluding hydrogens is 332 g/mol. The molecule has 6 heteroatoms. The molecule has 0 spiro atoms. The zero-order chi connectivity index (χ0) is 16.9. The number of aromatic nitrogens is 1. The van der Waals surface area contributed by atoms with Gasteiger partial charge < -0.3 is 0 Å². The highest BCUT2D eigenvalue weighted by Gasteiger charge is 2.23. The van der Waals surface area contributed by atoms with Crippen molar-refractivity contribution < 1.29 is 8.42 Å². The van der Waals surface area contributed by atoms with Crippen molar-refractivity contribution in [2.24, 2.45) is 5.92 Å². The summed E-state index contributed by atoms with van der Waals surface area (Å²) in [5.74, 6) is 0.448. The Morgan fingerprint density at radius 1 is 1.17 bits per heavy atom. The quantitative estimate of drug-likeness (QED) is 0.753. The van der Waals surface area contributed by atoms with Gasteiger partial charge in [-0.25, -0.2) is 8.42 Å². The van der Waals surface area contributed by atoms with Gasteiger partial charge in [-0.3, -0.25) is 9.29 Å². The van der Waals surface area contributed by atoms with Crippen LogP contribution in [0.2, 0.25) is 5.02 Å². The molecular formula is C17H21ClN2O2S. The van der Waals surface area contributed by atoms with Gasteiger partial charge in [-0.15, -0.1) is 0 Å². The highest BCUT2D eigenvalue weighted by Crippen LogP contribution is 2.24. The fourth-order valence-corrected chi connectivity index (χ4v) is 4.01. The first-order chi connectivity index (χ1) is 10.9. The summed E-state index contributed by atoms with van der Waals surface area (Å²) in [6.45, 7) is 4.29. The largest absolute Gasteiger partial charge is 0.266 e. The monoisotopic (exact) mass is 352 g/mol. The zero-order valence-corrected chi connectivity index (χ0v) is 14.9. The van der Waals surface area contributed by atoms with E-state index >= 15 is 0 Å². The van der Waals surface area contributed by atoms with Crippen molar-refractivity contribution in [3.63, 3.8) is 0 Å². The Balaban J connectivity index is 2.32. The van der Waals surface area contributed by atoms with E-state index in [0.29, 0.717) is 23.0 Å². The van der Waals surface area contributed by atoms with Gasteiger partial charge in [0.2, 0.25) is 10.0 Å². The maximum Gasteiger partial charge on any atom is 0.235 e. The van der Waals surface area contributed by atoms with Crippen LogP contribution in [0.15, 0.2) is 48.8 Å². The molecule has 0 unspecified atom stereocenters. The van der Waals surface area contributed by atoms with Crippen LogP contribution in [-0.4, -0.2) is 19.2 Å². The average Bonchev–Trinajstić information content (AvgIpc) is 2.53. The van der Waals surface area contributed by atoms with Crippen LogP contribution in [-0.2, 0) is 16.6 Å². The summed E-state index contributed by atoms with van der Waals surface area (Å²) >= 11 is 5.92. The van der Waals surface area contributed by atoms with E-state index < -0.39 is 10.0 Å². The lowest BCUT2D eigenvalue weighted by Crippen LogP contribution is -2.33. The van der Waals surface area contributed by atoms with Crippen LogP contribution in [0, 0.1) is 5.92 Å². The second-order valence-corrected chi connectivity index (χ2v) is 8.29. The Labute approximate surface area is 143 Å². The van der Waals surface area contributed by atoms with Crippen LogP contribution in [0.25, 0.3) is 0 Å². The Morgan fingerprint density at radius 3 is 2.43 bits per heavy atom. The Morgan fingerprint density at radius 2 is 1.87 bits per heavy atom. The van der Waals surface area contributed by atoms with Gasteiger partial charge in [-0.2, -0.15) is 0 Å². The minimum Gasteiger partial charge on any atom is -0.266 e. The fourth-order valence-electron chi connectivity index (χ4n) is 2.11. The van der Waals surface area contributed by atoms with Crippen LogP contribution < -0.4 is 4.31 Å². The number of hydrogen-bond acceptors (Lipinski definition) is 3. The fraction of sp³-hybridized carbons (Fsp3) is 0.353. The number of hydrogen-bond donors (Lipinski definition) is 0. The second kappa shape index (κ2) is 7.79. The van der Waals surface area contributed by atoms with Crippen LogP contribution in [0.5, 0.6) is 0 Å². The van der Waals surface area contributed by atoms with E-state index in [1.54, 1.807) is 42.7 Å². The predicted octanol–water partition coefficient (Wildman–Crippen LogP) is 4.12. The summed E-state index contributed by atoms with van der Waals surface area (Å²) in [6.07, 6.45) is 3.98. The van der Waals surface area contributed by atoms with E-state index in [9.17, 15) is 8.42 Å². The molecule has 0 atom stereocenters. The lowest BCUT2D eigenvalue weighted by atomic mass is 10.2. The minimum atomic E-state index is -3.42. The second-order valence-electron chi connectivity index (χ2n) is 5.84. The summed E-state index contributed by atoms with van der Waals surface area (Å²) in [4.78, 5) is 4.06. The number of pyridine rings is 1. The number of benzene rings is 1. The molecule has 0 aliphatic rings. The first kappa shape index (κ1) is 17.8. The number of halogens is 1. The van der Waals surface area contributed by atoms with Crippen LogP contribution in [0.1, 0.15) is 25.8 Å². The van der Waals surface area contributed by atoms with Crippen molar-refractivity contribution in [1.82, 2.24) is 4.98 Å². The molecule has 1 aromatic heterocycles. The first-order valence-corrected chi connectivity index (χ1v) is 9.52. The van der Waals surface area contributed by atoms with Gasteiger partial charge in [0.15, 0.2) is 0 Å². The molecule has 124 valence electrons. The summed E-state index contributed by atoms with van der Waals surface area (Å²) in [5, 5.41) is 0.578. The van der Waals surface area contributed by atoms with E-state index in [4.69, 9.17) is 11.6 Å². The van der Waals surface area contributed by atoms with Crippen LogP contribution in [0.3, 0.4) is 0 Å². The predicted molar refractivity (Wildman–Crippen MR) is 95.1 cm³/mol. The van der Waals surface area contributed by atoms with Crippen molar-refractivity contribution in [3.05, 3.63) is 59.4 Å². The van der Waals surface area contributed by atoms with Gasteiger partial charge in [0.05, 0.1) is 18.0 Å². The van der Waals surface area contributed by atoms with Gasteiger partial charge in [0.25, 0.3) is 0 Å². The lowest BCUT2D eigenvalue weighted by Gasteiger charge is -2.25. The molecule has 0 bridgehead atoms. The Kier molecular flexibility index (Phi) is 6.02. The van der Waals surface area contributed by atoms with E-state index in [2.05, 4.69) is 4.98 Å². The molecule has 0 fully saturated rings. The van der Waals surface area contributed by atoms with E-state index in [-0.39, 0.29) is 12.3 Å². The van der Waals surface area contributed by atoms with Gasteiger partial charge >= 0.3 is 0 Å². The summed E-state index contributed by atoms with van der Waals surface area (Å²) in [7, 11) is -3.42. The molecule has 0 N–H and O–H groups in total. The van der Waals surface area contributed by atoms with Crippen molar-refractivity contribution >= 4 is 27.3 Å². The molecule has 0 radical (unpaired) electrons. The average molecular weight is 353 g/mol. The summed E-state index contributed by atoms with van der Waals surface area (Å²) < 4.78 is 27.0. The third-order valence-electron chi connectivity index (χ3n) is 3.45. The van der Waals surface area contributed by atoms with E-state index in [1.807, 2.05) is 19.9 Å². The summed E-state index contributed by atoms with van der Waals surface area (Å²) in [6, 6.07) is 10.5. The highest BCUT2D eigenvalue weighted by atomic mass is 35.5. The maximum atomic E-state index is 12.8. The lowest BCUT2D eigenvalue weighted by molar-refractivity contribution is 0.569. The number of anilines is 1. The summed E-state index contributed by atoms with van der Waals surface area (Å²) in [5.41, 5.74) is 1.46. The standard InChI is InChI=1S/C17H21ClN2O2S/c1-14(2)9-11-23(21,22)20(13-15-4-3-10-19-12-15)17-7-5-16(18)6-8-17/h3-8,10,12,14H,9,11,13H2,1-2H3. The molecule has 0 saturated heterocycles. The Bertz CT molecular complexity index is 716. The molecule has 1 aromatic carbocycles. The van der Waals surface area contributed by atoms with Gasteiger partial charge in [0, 0.05) is 17.4 Å². The number of rotatable bonds is 7. The van der Waals surface area contributed by atoms with Crippen molar-refractivity contribution in [3.8, 4) is 0 Å². The normalized spacial score (nSPS) is 11.7. The molecule has 2 rings (SSSR count). The van der Waals surface area contributed by atoms with Gasteiger partial charge in [0.1, 0.15) is 0 Å². The molecule has 0 aliphatic heterocycles. The highest BCUT2D eigenvalue weighted by molar-refractivity contribution is 7.92. The third-order valence-corrected chi connectivity index (χ3v) is 5.47. The van der Waals surface area contributed by atoms with Gasteiger partial charge in [-0.1, -0.05) is 31.5 Å². The topological polar surface area (TPSA) is 50.3 Å². The number of sulfonamides is 1. The van der Waals surface area contributed by atoms with Crippen LogP contribution in [0.4, 0.5) is 5.69 Å². The molecule has 1 heterocycles. The molecule has 2 aromatic rings. The smallest absolute Gasteiger partial charge is 0.235 e. The van der Waals surface area contributed by atoms with E-state index in [0.717, 1.165) is 5.56 Å². The minimum absolute atomic E-state index is 0.119. The molecule has 0 saturated carbocycles. The third kappa shape index (κ3) is 5.22. The van der Waals surface area contributed by atoms with Gasteiger partial charge in [-0.05, 0) is 48.2 Å². The van der Waals surface area contributed by atoms with Crippen LogP contribution >= 0.6 is 11.6 Å². The molecule has 0 amide bonds. The Hall–Kier alpha value is -1.59. The SMILES string of the molecule is CC(C)CCS(=O)(=O)N(Cc1cccnc1)c1ccc(Cl)cc1. The molecule has 4 nitrogen and oxygen atoms in total. The van der Waals surface area contributed by atoms with Crippen molar-refractivity contribution in [1.29, 1.82) is 0 Å². The van der Waals surface area contributed by atoms with E-state index in [1.165, 1.54) is 4.31 Å². The zero-order valence-electron chi connectivity index (χ0n) is 13.3. The maximum absolute atomic E-state index is 12.8. The molecule has 0 aliphatic carbocycles. The van der Waals surface area contributed by atoms with Crippen molar-refractivity contribution in [2.75, 3.05) is 10.1 Å². The first-order valence-electron chi connectivity index (χ1n) is 7.53. The number of nitrogens with zero attached hydrogens (tertiary/aromatic N) is 2. The van der Waals surface area contributed by atoms with Crippen molar-refractivity contribution in [2.45, 2.75) is 26.8 Å². The molecule has 23 heavy (non-hydrogen) atoms.